The molecule has 0 spiro atoms. The van der Waals surface area contributed by atoms with E-state index in [1.165, 1.54) is 32.7 Å². The average molecular weight is 449 g/mol. The second kappa shape index (κ2) is 8.41. The normalized spacial score (nSPS) is 10.4. The molecular weight excluding hydrogens is 432 g/mol. The summed E-state index contributed by atoms with van der Waals surface area (Å²) >= 11 is 4.82. The third-order valence-electron chi connectivity index (χ3n) is 3.75. The molecule has 140 valence electrons. The third kappa shape index (κ3) is 4.23. The minimum Gasteiger partial charge on any atom is -0.493 e. The first-order valence-corrected chi connectivity index (χ1v) is 9.55. The fourth-order valence-corrected chi connectivity index (χ4v) is 3.52. The van der Waals surface area contributed by atoms with E-state index < -0.39 is 0 Å². The Bertz CT molecular complexity index is 932. The molecule has 1 aromatic heterocycles. The first-order valence-electron chi connectivity index (χ1n) is 7.88. The van der Waals surface area contributed by atoms with Crippen LogP contribution in [0.25, 0.3) is 10.6 Å². The Balaban J connectivity index is 1.82. The average Bonchev–Trinajstić information content (AvgIpc) is 3.18. The van der Waals surface area contributed by atoms with Gasteiger partial charge in [0.2, 0.25) is 5.75 Å². The molecule has 0 saturated carbocycles. The van der Waals surface area contributed by atoms with Crippen molar-refractivity contribution in [3.8, 4) is 27.8 Å². The lowest BCUT2D eigenvalue weighted by molar-refractivity contribution is 0.102. The van der Waals surface area contributed by atoms with Gasteiger partial charge < -0.3 is 19.5 Å². The topological polar surface area (TPSA) is 69.7 Å². The number of hydrogen-bond donors (Lipinski definition) is 1. The zero-order valence-electron chi connectivity index (χ0n) is 14.9. The number of amides is 1. The predicted molar refractivity (Wildman–Crippen MR) is 109 cm³/mol. The van der Waals surface area contributed by atoms with Crippen LogP contribution < -0.4 is 19.5 Å². The number of benzene rings is 2. The summed E-state index contributed by atoms with van der Waals surface area (Å²) in [5.74, 6) is 1.06. The predicted octanol–water partition coefficient (Wildman–Crippen LogP) is 4.85. The van der Waals surface area contributed by atoms with Gasteiger partial charge >= 0.3 is 0 Å². The Hall–Kier alpha value is -2.58. The largest absolute Gasteiger partial charge is 0.493 e. The highest BCUT2D eigenvalue weighted by Crippen LogP contribution is 2.40. The highest BCUT2D eigenvalue weighted by molar-refractivity contribution is 9.10. The molecule has 0 radical (unpaired) electrons. The molecule has 3 aromatic rings. The molecule has 0 unspecified atom stereocenters. The minimum absolute atomic E-state index is 0.316. The number of carbonyl (C=O) groups is 1. The number of aromatic nitrogens is 1. The van der Waals surface area contributed by atoms with Crippen LogP contribution in [0, 0.1) is 0 Å². The van der Waals surface area contributed by atoms with Crippen LogP contribution in [0.2, 0.25) is 0 Å². The Kier molecular flexibility index (Phi) is 5.98. The van der Waals surface area contributed by atoms with Crippen molar-refractivity contribution in [3.05, 3.63) is 51.9 Å². The molecule has 0 saturated heterocycles. The minimum atomic E-state index is -0.316. The van der Waals surface area contributed by atoms with Gasteiger partial charge in [0.05, 0.1) is 21.3 Å². The summed E-state index contributed by atoms with van der Waals surface area (Å²) in [6.45, 7) is 0. The van der Waals surface area contributed by atoms with Crippen molar-refractivity contribution in [2.24, 2.45) is 0 Å². The molecule has 0 bridgehead atoms. The number of anilines is 1. The van der Waals surface area contributed by atoms with Crippen LogP contribution >= 0.6 is 27.3 Å². The van der Waals surface area contributed by atoms with Crippen LogP contribution in [0.4, 0.5) is 5.69 Å². The lowest BCUT2D eigenvalue weighted by Gasteiger charge is -2.14. The zero-order valence-corrected chi connectivity index (χ0v) is 17.3. The zero-order chi connectivity index (χ0) is 19.4. The number of halogens is 1. The first kappa shape index (κ1) is 19.2. The maximum atomic E-state index is 12.6. The second-order valence-electron chi connectivity index (χ2n) is 5.41. The molecule has 0 aliphatic rings. The first-order chi connectivity index (χ1) is 13.0. The smallest absolute Gasteiger partial charge is 0.275 e. The van der Waals surface area contributed by atoms with E-state index in [2.05, 4.69) is 26.2 Å². The molecule has 0 aliphatic heterocycles. The Morgan fingerprint density at radius 3 is 2.22 bits per heavy atom. The maximum absolute atomic E-state index is 12.6. The van der Waals surface area contributed by atoms with Crippen molar-refractivity contribution < 1.29 is 19.0 Å². The maximum Gasteiger partial charge on any atom is 0.275 e. The lowest BCUT2D eigenvalue weighted by atomic mass is 10.2. The number of hydrogen-bond acceptors (Lipinski definition) is 6. The molecule has 0 fully saturated rings. The molecule has 6 nitrogen and oxygen atoms in total. The standard InChI is InChI=1S/C19H17BrN2O4S/c1-24-15-8-13(9-16(25-2)17(15)26-3)21-18(23)14-10-27-19(22-14)11-4-6-12(20)7-5-11/h4-10H,1-3H3,(H,21,23). The van der Waals surface area contributed by atoms with E-state index in [0.29, 0.717) is 28.6 Å². The van der Waals surface area contributed by atoms with Gasteiger partial charge in [-0.2, -0.15) is 0 Å². The summed E-state index contributed by atoms with van der Waals surface area (Å²) in [4.78, 5) is 17.0. The summed E-state index contributed by atoms with van der Waals surface area (Å²) in [5.41, 5.74) is 1.81. The van der Waals surface area contributed by atoms with Gasteiger partial charge in [-0.25, -0.2) is 4.98 Å². The van der Waals surface area contributed by atoms with Crippen molar-refractivity contribution in [3.63, 3.8) is 0 Å². The molecule has 1 heterocycles. The van der Waals surface area contributed by atoms with Gasteiger partial charge in [-0.05, 0) is 12.1 Å². The van der Waals surface area contributed by atoms with E-state index in [1.807, 2.05) is 24.3 Å². The van der Waals surface area contributed by atoms with E-state index in [9.17, 15) is 4.79 Å². The molecule has 1 amide bonds. The Labute approximate surface area is 169 Å². The van der Waals surface area contributed by atoms with Gasteiger partial charge in [0.15, 0.2) is 11.5 Å². The summed E-state index contributed by atoms with van der Waals surface area (Å²) in [5, 5.41) is 5.32. The lowest BCUT2D eigenvalue weighted by Crippen LogP contribution is -2.12. The van der Waals surface area contributed by atoms with E-state index in [-0.39, 0.29) is 5.91 Å². The van der Waals surface area contributed by atoms with Crippen molar-refractivity contribution in [1.29, 1.82) is 0 Å². The summed E-state index contributed by atoms with van der Waals surface area (Å²) in [6.07, 6.45) is 0. The summed E-state index contributed by atoms with van der Waals surface area (Å²) in [7, 11) is 4.57. The van der Waals surface area contributed by atoms with Gasteiger partial charge in [-0.15, -0.1) is 11.3 Å². The number of thiazole rings is 1. The van der Waals surface area contributed by atoms with Crippen LogP contribution in [-0.4, -0.2) is 32.2 Å². The van der Waals surface area contributed by atoms with Crippen molar-refractivity contribution >= 4 is 38.9 Å². The van der Waals surface area contributed by atoms with Gasteiger partial charge in [0.1, 0.15) is 10.7 Å². The van der Waals surface area contributed by atoms with Crippen LogP contribution in [0.1, 0.15) is 10.5 Å². The van der Waals surface area contributed by atoms with Crippen molar-refractivity contribution in [2.45, 2.75) is 0 Å². The van der Waals surface area contributed by atoms with Crippen molar-refractivity contribution in [1.82, 2.24) is 4.98 Å². The summed E-state index contributed by atoms with van der Waals surface area (Å²) in [6, 6.07) is 11.1. The molecular formula is C19H17BrN2O4S. The monoisotopic (exact) mass is 448 g/mol. The number of nitrogens with one attached hydrogen (secondary N) is 1. The number of carbonyl (C=O) groups excluding carboxylic acids is 1. The Morgan fingerprint density at radius 1 is 1.04 bits per heavy atom. The molecule has 27 heavy (non-hydrogen) atoms. The van der Waals surface area contributed by atoms with Gasteiger partial charge in [0.25, 0.3) is 5.91 Å². The number of methoxy groups -OCH3 is 3. The summed E-state index contributed by atoms with van der Waals surface area (Å²) < 4.78 is 16.9. The van der Waals surface area contributed by atoms with E-state index >= 15 is 0 Å². The molecule has 8 heteroatoms. The fraction of sp³-hybridized carbons (Fsp3) is 0.158. The highest BCUT2D eigenvalue weighted by Gasteiger charge is 2.17. The molecule has 0 aliphatic carbocycles. The molecule has 2 aromatic carbocycles. The number of nitrogens with zero attached hydrogens (tertiary/aromatic N) is 1. The number of rotatable bonds is 6. The van der Waals surface area contributed by atoms with Crippen LogP contribution in [0.3, 0.4) is 0 Å². The van der Waals surface area contributed by atoms with E-state index in [0.717, 1.165) is 15.0 Å². The van der Waals surface area contributed by atoms with Crippen LogP contribution in [0.15, 0.2) is 46.3 Å². The molecule has 0 atom stereocenters. The quantitative estimate of drug-likeness (QED) is 0.583. The van der Waals surface area contributed by atoms with Gasteiger partial charge in [-0.3, -0.25) is 4.79 Å². The fourth-order valence-electron chi connectivity index (χ4n) is 2.45. The van der Waals surface area contributed by atoms with E-state index in [4.69, 9.17) is 14.2 Å². The van der Waals surface area contributed by atoms with Gasteiger partial charge in [0, 0.05) is 33.2 Å². The van der Waals surface area contributed by atoms with E-state index in [1.54, 1.807) is 17.5 Å². The van der Waals surface area contributed by atoms with Gasteiger partial charge in [-0.1, -0.05) is 28.1 Å². The number of ether oxygens (including phenoxy) is 3. The SMILES string of the molecule is COc1cc(NC(=O)c2csc(-c3ccc(Br)cc3)n2)cc(OC)c1OC. The van der Waals surface area contributed by atoms with Crippen molar-refractivity contribution in [2.75, 3.05) is 26.6 Å². The third-order valence-corrected chi connectivity index (χ3v) is 5.17. The molecule has 3 rings (SSSR count). The second-order valence-corrected chi connectivity index (χ2v) is 7.19. The van der Waals surface area contributed by atoms with Crippen LogP contribution in [0.5, 0.6) is 17.2 Å². The highest BCUT2D eigenvalue weighted by atomic mass is 79.9. The molecule has 1 N–H and O–H groups in total. The Morgan fingerprint density at radius 2 is 1.67 bits per heavy atom. The van der Waals surface area contributed by atoms with Crippen LogP contribution in [-0.2, 0) is 0 Å².